The van der Waals surface area contributed by atoms with E-state index in [0.29, 0.717) is 12.4 Å². The van der Waals surface area contributed by atoms with Gasteiger partial charge in [0.1, 0.15) is 12.1 Å². The normalized spacial score (nSPS) is 18.4. The van der Waals surface area contributed by atoms with Crippen LogP contribution in [0, 0.1) is 12.8 Å². The Balaban J connectivity index is 1.80. The van der Waals surface area contributed by atoms with E-state index in [2.05, 4.69) is 55.1 Å². The van der Waals surface area contributed by atoms with Crippen LogP contribution in [0.1, 0.15) is 55.5 Å². The van der Waals surface area contributed by atoms with E-state index in [9.17, 15) is 4.79 Å². The third-order valence-electron chi connectivity index (χ3n) is 5.64. The lowest BCUT2D eigenvalue weighted by atomic mass is 9.91. The highest BCUT2D eigenvalue weighted by molar-refractivity contribution is 5.93. The lowest BCUT2D eigenvalue weighted by Crippen LogP contribution is -2.43. The van der Waals surface area contributed by atoms with Gasteiger partial charge in [0.15, 0.2) is 0 Å². The molecule has 2 atom stereocenters. The monoisotopic (exact) mass is 404 g/mol. The largest absolute Gasteiger partial charge is 0.497 e. The van der Waals surface area contributed by atoms with Crippen LogP contribution in [0.5, 0.6) is 5.75 Å². The Hall–Kier alpha value is -3.15. The number of anilines is 1. The van der Waals surface area contributed by atoms with Gasteiger partial charge in [-0.2, -0.15) is 10.1 Å². The molecule has 156 valence electrons. The summed E-state index contributed by atoms with van der Waals surface area (Å²) in [6.45, 7) is 6.20. The van der Waals surface area contributed by atoms with Crippen LogP contribution in [-0.2, 0) is 4.79 Å². The second-order valence-electron chi connectivity index (χ2n) is 8.32. The number of aromatic nitrogens is 3. The van der Waals surface area contributed by atoms with Crippen LogP contribution in [-0.4, -0.2) is 27.8 Å². The summed E-state index contributed by atoms with van der Waals surface area (Å²) in [6, 6.07) is 16.4. The Morgan fingerprint density at radius 1 is 1.07 bits per heavy atom. The number of carbonyl (C=O) groups is 1. The number of fused-ring (bicyclic) bond motifs is 1. The summed E-state index contributed by atoms with van der Waals surface area (Å²) in [5, 5.41) is 4.50. The minimum absolute atomic E-state index is 0.0123. The maximum atomic E-state index is 13.3. The molecule has 0 bridgehead atoms. The van der Waals surface area contributed by atoms with E-state index in [1.54, 1.807) is 13.4 Å². The first-order valence-electron chi connectivity index (χ1n) is 10.4. The minimum atomic E-state index is -0.120. The molecule has 6 heteroatoms. The first kappa shape index (κ1) is 20.1. The molecule has 0 unspecified atom stereocenters. The summed E-state index contributed by atoms with van der Waals surface area (Å²) in [4.78, 5) is 19.6. The molecule has 4 rings (SSSR count). The maximum Gasteiger partial charge on any atom is 0.231 e. The molecule has 0 radical (unpaired) electrons. The smallest absolute Gasteiger partial charge is 0.231 e. The molecular formula is C24H28N4O2. The van der Waals surface area contributed by atoms with Crippen molar-refractivity contribution in [2.45, 2.75) is 45.7 Å². The van der Waals surface area contributed by atoms with Gasteiger partial charge < -0.3 is 4.74 Å². The summed E-state index contributed by atoms with van der Waals surface area (Å²) in [7, 11) is 1.66. The molecule has 6 nitrogen and oxygen atoms in total. The van der Waals surface area contributed by atoms with E-state index in [1.165, 1.54) is 11.1 Å². The van der Waals surface area contributed by atoms with Crippen molar-refractivity contribution in [1.82, 2.24) is 14.8 Å². The zero-order valence-electron chi connectivity index (χ0n) is 17.9. The number of carbonyl (C=O) groups excluding carboxylic acids is 1. The Morgan fingerprint density at radius 2 is 1.70 bits per heavy atom. The van der Waals surface area contributed by atoms with Crippen LogP contribution >= 0.6 is 0 Å². The van der Waals surface area contributed by atoms with Crippen molar-refractivity contribution in [1.29, 1.82) is 0 Å². The van der Waals surface area contributed by atoms with Gasteiger partial charge in [-0.3, -0.25) is 9.69 Å². The van der Waals surface area contributed by atoms with Gasteiger partial charge in [0.05, 0.1) is 19.2 Å². The zero-order valence-corrected chi connectivity index (χ0v) is 17.9. The van der Waals surface area contributed by atoms with Crippen molar-refractivity contribution in [2.75, 3.05) is 12.0 Å². The van der Waals surface area contributed by atoms with E-state index in [4.69, 9.17) is 4.74 Å². The first-order chi connectivity index (χ1) is 14.5. The Labute approximate surface area is 177 Å². The van der Waals surface area contributed by atoms with Crippen LogP contribution < -0.4 is 9.64 Å². The molecule has 2 heterocycles. The summed E-state index contributed by atoms with van der Waals surface area (Å²) >= 11 is 0. The number of methoxy groups -OCH3 is 1. The molecular weight excluding hydrogens is 376 g/mol. The van der Waals surface area contributed by atoms with Gasteiger partial charge in [0.25, 0.3) is 0 Å². The number of aryl methyl sites for hydroxylation is 1. The molecule has 3 aromatic rings. The predicted molar refractivity (Wildman–Crippen MR) is 117 cm³/mol. The zero-order chi connectivity index (χ0) is 21.3. The lowest BCUT2D eigenvalue weighted by molar-refractivity contribution is -0.120. The molecule has 30 heavy (non-hydrogen) atoms. The van der Waals surface area contributed by atoms with Crippen LogP contribution in [0.4, 0.5) is 5.95 Å². The van der Waals surface area contributed by atoms with Crippen molar-refractivity contribution < 1.29 is 9.53 Å². The molecule has 0 N–H and O–H groups in total. The molecule has 0 spiro atoms. The fraction of sp³-hybridized carbons (Fsp3) is 0.375. The van der Waals surface area contributed by atoms with Crippen molar-refractivity contribution in [2.24, 2.45) is 5.92 Å². The van der Waals surface area contributed by atoms with Gasteiger partial charge in [-0.15, -0.1) is 0 Å². The SMILES string of the molecule is COc1ccc([C@H]2C[C@H](c3ccc(C)cc3)n3ncnc3N2C(=O)CC(C)C)cc1. The van der Waals surface area contributed by atoms with Crippen LogP contribution in [0.15, 0.2) is 54.9 Å². The van der Waals surface area contributed by atoms with Crippen LogP contribution in [0.3, 0.4) is 0 Å². The van der Waals surface area contributed by atoms with Gasteiger partial charge in [-0.1, -0.05) is 55.8 Å². The molecule has 0 saturated heterocycles. The summed E-state index contributed by atoms with van der Waals surface area (Å²) in [5.41, 5.74) is 3.45. The second-order valence-corrected chi connectivity index (χ2v) is 8.32. The van der Waals surface area contributed by atoms with E-state index < -0.39 is 0 Å². The van der Waals surface area contributed by atoms with Crippen LogP contribution in [0.25, 0.3) is 0 Å². The highest BCUT2D eigenvalue weighted by atomic mass is 16.5. The van der Waals surface area contributed by atoms with Crippen molar-refractivity contribution in [3.8, 4) is 5.75 Å². The molecule has 0 saturated carbocycles. The number of hydrogen-bond donors (Lipinski definition) is 0. The fourth-order valence-electron chi connectivity index (χ4n) is 4.10. The standard InChI is InChI=1S/C24H28N4O2/c1-16(2)13-23(29)27-21(18-9-11-20(30-4)12-10-18)14-22(28-24(27)25-15-26-28)19-7-5-17(3)6-8-19/h5-12,15-16,21-22H,13-14H2,1-4H3/t21-,22-/m1/s1. The van der Waals surface area contributed by atoms with Crippen molar-refractivity contribution in [3.05, 3.63) is 71.5 Å². The Morgan fingerprint density at radius 3 is 2.33 bits per heavy atom. The molecule has 1 aromatic heterocycles. The van der Waals surface area contributed by atoms with Gasteiger partial charge in [-0.25, -0.2) is 4.68 Å². The highest BCUT2D eigenvalue weighted by Gasteiger charge is 2.39. The van der Waals surface area contributed by atoms with Gasteiger partial charge >= 0.3 is 0 Å². The van der Waals surface area contributed by atoms with E-state index in [-0.39, 0.29) is 23.9 Å². The molecule has 1 amide bonds. The summed E-state index contributed by atoms with van der Waals surface area (Å²) in [6.07, 6.45) is 2.74. The van der Waals surface area contributed by atoms with Crippen molar-refractivity contribution in [3.63, 3.8) is 0 Å². The topological polar surface area (TPSA) is 60.2 Å². The van der Waals surface area contributed by atoms with Gasteiger partial charge in [0, 0.05) is 6.42 Å². The Bertz CT molecular complexity index is 1010. The van der Waals surface area contributed by atoms with E-state index >= 15 is 0 Å². The van der Waals surface area contributed by atoms with E-state index in [0.717, 1.165) is 17.7 Å². The first-order valence-corrected chi connectivity index (χ1v) is 10.4. The summed E-state index contributed by atoms with van der Waals surface area (Å²) in [5.74, 6) is 1.74. The lowest BCUT2D eigenvalue weighted by Gasteiger charge is -2.39. The third kappa shape index (κ3) is 3.82. The van der Waals surface area contributed by atoms with E-state index in [1.807, 2.05) is 33.8 Å². The second kappa shape index (κ2) is 8.30. The van der Waals surface area contributed by atoms with Crippen LogP contribution in [0.2, 0.25) is 0 Å². The predicted octanol–water partition coefficient (Wildman–Crippen LogP) is 4.71. The number of benzene rings is 2. The number of hydrogen-bond acceptors (Lipinski definition) is 4. The van der Waals surface area contributed by atoms with Gasteiger partial charge in [0.2, 0.25) is 11.9 Å². The number of rotatable bonds is 5. The van der Waals surface area contributed by atoms with Gasteiger partial charge in [-0.05, 0) is 42.5 Å². The summed E-state index contributed by atoms with van der Waals surface area (Å²) < 4.78 is 7.21. The minimum Gasteiger partial charge on any atom is -0.497 e. The molecule has 1 aliphatic heterocycles. The number of nitrogens with zero attached hydrogens (tertiary/aromatic N) is 4. The molecule has 0 aliphatic carbocycles. The average molecular weight is 405 g/mol. The highest BCUT2D eigenvalue weighted by Crippen LogP contribution is 2.42. The van der Waals surface area contributed by atoms with Crippen molar-refractivity contribution >= 4 is 11.9 Å². The molecule has 2 aromatic carbocycles. The molecule has 0 fully saturated rings. The average Bonchev–Trinajstić information content (AvgIpc) is 3.22. The Kier molecular flexibility index (Phi) is 5.57. The quantitative estimate of drug-likeness (QED) is 0.618. The number of amides is 1. The maximum absolute atomic E-state index is 13.3. The third-order valence-corrected chi connectivity index (χ3v) is 5.64. The molecule has 1 aliphatic rings. The number of ether oxygens (including phenoxy) is 1. The fourth-order valence-corrected chi connectivity index (χ4v) is 4.10.